The lowest BCUT2D eigenvalue weighted by Gasteiger charge is -1.94. The Morgan fingerprint density at radius 1 is 0.824 bits per heavy atom. The Hall–Kier alpha value is -1.39. The van der Waals surface area contributed by atoms with Crippen molar-refractivity contribution in [1.29, 1.82) is 0 Å². The van der Waals surface area contributed by atoms with Crippen molar-refractivity contribution in [3.63, 3.8) is 0 Å². The van der Waals surface area contributed by atoms with Crippen LogP contribution in [0.15, 0.2) is 30.3 Å². The average Bonchev–Trinajstić information content (AvgIpc) is 2.39. The maximum Gasteiger partial charge on any atom is 0.106 e. The van der Waals surface area contributed by atoms with E-state index in [-0.39, 0.29) is 0 Å². The number of anilines is 1. The van der Waals surface area contributed by atoms with Gasteiger partial charge in [-0.2, -0.15) is 0 Å². The highest BCUT2D eigenvalue weighted by Crippen LogP contribution is 1.96. The summed E-state index contributed by atoms with van der Waals surface area (Å²) in [5.41, 5.74) is 16.7. The number of hydrogen-bond acceptors (Lipinski definition) is 4. The molecule has 4 nitrogen and oxygen atoms in total. The maximum absolute atomic E-state index is 8.00. The lowest BCUT2D eigenvalue weighted by atomic mass is 10.2. The topological polar surface area (TPSA) is 95.1 Å². The maximum atomic E-state index is 8.00. The summed E-state index contributed by atoms with van der Waals surface area (Å²) in [7, 11) is 0. The third kappa shape index (κ3) is 17.2. The van der Waals surface area contributed by atoms with Gasteiger partial charge in [0.2, 0.25) is 0 Å². The van der Waals surface area contributed by atoms with E-state index < -0.39 is 0 Å². The molecule has 0 aliphatic rings. The van der Waals surface area contributed by atoms with Crippen LogP contribution in [0.4, 0.5) is 5.69 Å². The van der Waals surface area contributed by atoms with Crippen LogP contribution in [-0.2, 0) is 4.79 Å². The van der Waals surface area contributed by atoms with Crippen LogP contribution >= 0.6 is 0 Å². The second kappa shape index (κ2) is 17.0. The monoisotopic (exact) mass is 239 g/mol. The largest absolute Gasteiger partial charge is 0.399 e. The van der Waals surface area contributed by atoms with E-state index in [1.165, 1.54) is 12.8 Å². The van der Waals surface area contributed by atoms with Gasteiger partial charge < -0.3 is 22.0 Å². The lowest BCUT2D eigenvalue weighted by Crippen LogP contribution is -2.00. The summed E-state index contributed by atoms with van der Waals surface area (Å²) in [4.78, 5) is 8.00. The molecule has 98 valence electrons. The van der Waals surface area contributed by atoms with Crippen LogP contribution in [-0.4, -0.2) is 19.9 Å². The number of para-hydroxylation sites is 1. The Bertz CT molecular complexity index is 223. The molecular formula is C13H25N3O. The summed E-state index contributed by atoms with van der Waals surface area (Å²) >= 11 is 0. The molecule has 0 amide bonds. The van der Waals surface area contributed by atoms with Crippen LogP contribution in [0.25, 0.3) is 0 Å². The molecule has 0 saturated heterocycles. The van der Waals surface area contributed by atoms with Crippen molar-refractivity contribution in [2.24, 2.45) is 11.5 Å². The standard InChI is InChI=1S/C6H16N2.C6H7N.CH2O/c7-5-3-1-2-4-6-8;7-6-4-2-1-3-5-6;1-2/h1-8H2;1-5H,7H2;1H2. The van der Waals surface area contributed by atoms with Gasteiger partial charge in [-0.15, -0.1) is 0 Å². The van der Waals surface area contributed by atoms with Gasteiger partial charge in [-0.25, -0.2) is 0 Å². The third-order valence-electron chi connectivity index (χ3n) is 1.96. The number of carbonyl (C=O) groups excluding carboxylic acids is 1. The van der Waals surface area contributed by atoms with Crippen LogP contribution in [0.5, 0.6) is 0 Å². The summed E-state index contributed by atoms with van der Waals surface area (Å²) in [5, 5.41) is 0. The van der Waals surface area contributed by atoms with E-state index >= 15 is 0 Å². The summed E-state index contributed by atoms with van der Waals surface area (Å²) in [6.07, 6.45) is 4.79. The first kappa shape index (κ1) is 18.0. The molecule has 0 heterocycles. The smallest absolute Gasteiger partial charge is 0.106 e. The molecule has 0 unspecified atom stereocenters. The highest BCUT2D eigenvalue weighted by molar-refractivity contribution is 5.35. The Morgan fingerprint density at radius 3 is 1.47 bits per heavy atom. The quantitative estimate of drug-likeness (QED) is 0.536. The minimum absolute atomic E-state index is 0.822. The second-order valence-electron chi connectivity index (χ2n) is 3.40. The van der Waals surface area contributed by atoms with Crippen LogP contribution in [0.2, 0.25) is 0 Å². The van der Waals surface area contributed by atoms with Gasteiger partial charge in [0, 0.05) is 5.69 Å². The van der Waals surface area contributed by atoms with Gasteiger partial charge in [-0.3, -0.25) is 0 Å². The zero-order valence-corrected chi connectivity index (χ0v) is 10.5. The number of nitrogen functional groups attached to an aromatic ring is 1. The molecule has 17 heavy (non-hydrogen) atoms. The van der Waals surface area contributed by atoms with Crippen LogP contribution in [0.1, 0.15) is 25.7 Å². The number of nitrogens with two attached hydrogens (primary N) is 3. The van der Waals surface area contributed by atoms with Gasteiger partial charge in [0.05, 0.1) is 0 Å². The van der Waals surface area contributed by atoms with Crippen molar-refractivity contribution in [2.45, 2.75) is 25.7 Å². The first-order valence-electron chi connectivity index (χ1n) is 5.80. The SMILES string of the molecule is C=O.NCCCCCCN.Nc1ccccc1. The summed E-state index contributed by atoms with van der Waals surface area (Å²) in [6, 6.07) is 9.49. The zero-order chi connectivity index (χ0) is 13.4. The molecule has 4 heteroatoms. The summed E-state index contributed by atoms with van der Waals surface area (Å²) in [6.45, 7) is 3.65. The minimum atomic E-state index is 0.822. The van der Waals surface area contributed by atoms with Gasteiger partial charge in [0.25, 0.3) is 0 Å². The minimum Gasteiger partial charge on any atom is -0.399 e. The average molecular weight is 239 g/mol. The van der Waals surface area contributed by atoms with E-state index in [0.29, 0.717) is 0 Å². The van der Waals surface area contributed by atoms with Crippen molar-refractivity contribution < 1.29 is 4.79 Å². The first-order valence-corrected chi connectivity index (χ1v) is 5.80. The molecule has 0 aromatic heterocycles. The predicted octanol–water partition coefficient (Wildman–Crippen LogP) is 1.55. The molecule has 1 aromatic carbocycles. The van der Waals surface area contributed by atoms with E-state index in [1.807, 2.05) is 37.1 Å². The van der Waals surface area contributed by atoms with Crippen molar-refractivity contribution in [1.82, 2.24) is 0 Å². The number of unbranched alkanes of at least 4 members (excludes halogenated alkanes) is 3. The van der Waals surface area contributed by atoms with E-state index in [2.05, 4.69) is 0 Å². The van der Waals surface area contributed by atoms with Gasteiger partial charge >= 0.3 is 0 Å². The fraction of sp³-hybridized carbons (Fsp3) is 0.462. The molecule has 0 aliphatic carbocycles. The molecule has 1 aromatic rings. The molecule has 1 rings (SSSR count). The lowest BCUT2D eigenvalue weighted by molar-refractivity contribution is -0.0979. The van der Waals surface area contributed by atoms with E-state index in [4.69, 9.17) is 22.0 Å². The Kier molecular flexibility index (Phi) is 18.0. The van der Waals surface area contributed by atoms with Crippen molar-refractivity contribution >= 4 is 12.5 Å². The molecule has 0 spiro atoms. The number of hydrogen-bond donors (Lipinski definition) is 3. The number of benzene rings is 1. The Morgan fingerprint density at radius 2 is 1.24 bits per heavy atom. The van der Waals surface area contributed by atoms with Crippen LogP contribution in [0, 0.1) is 0 Å². The molecule has 0 aliphatic heterocycles. The molecule has 0 saturated carbocycles. The molecule has 0 bridgehead atoms. The highest BCUT2D eigenvalue weighted by Gasteiger charge is 1.83. The molecule has 6 N–H and O–H groups in total. The molecular weight excluding hydrogens is 214 g/mol. The van der Waals surface area contributed by atoms with Crippen molar-refractivity contribution in [3.05, 3.63) is 30.3 Å². The third-order valence-corrected chi connectivity index (χ3v) is 1.96. The molecule has 0 fully saturated rings. The summed E-state index contributed by atoms with van der Waals surface area (Å²) < 4.78 is 0. The van der Waals surface area contributed by atoms with Gasteiger partial charge in [0.1, 0.15) is 6.79 Å². The zero-order valence-electron chi connectivity index (χ0n) is 10.5. The van der Waals surface area contributed by atoms with Gasteiger partial charge in [0.15, 0.2) is 0 Å². The van der Waals surface area contributed by atoms with Gasteiger partial charge in [-0.1, -0.05) is 31.0 Å². The summed E-state index contributed by atoms with van der Waals surface area (Å²) in [5.74, 6) is 0. The number of rotatable bonds is 5. The Labute approximate surface area is 104 Å². The van der Waals surface area contributed by atoms with E-state index in [9.17, 15) is 0 Å². The second-order valence-corrected chi connectivity index (χ2v) is 3.40. The Balaban J connectivity index is 0. The fourth-order valence-electron chi connectivity index (χ4n) is 1.10. The van der Waals surface area contributed by atoms with E-state index in [1.54, 1.807) is 0 Å². The van der Waals surface area contributed by atoms with Crippen LogP contribution < -0.4 is 17.2 Å². The fourth-order valence-corrected chi connectivity index (χ4v) is 1.10. The van der Waals surface area contributed by atoms with Crippen molar-refractivity contribution in [2.75, 3.05) is 18.8 Å². The molecule has 0 radical (unpaired) electrons. The normalized spacial score (nSPS) is 8.35. The highest BCUT2D eigenvalue weighted by atomic mass is 16.1. The predicted molar refractivity (Wildman–Crippen MR) is 74.6 cm³/mol. The molecule has 0 atom stereocenters. The van der Waals surface area contributed by atoms with Crippen LogP contribution in [0.3, 0.4) is 0 Å². The van der Waals surface area contributed by atoms with E-state index in [0.717, 1.165) is 31.6 Å². The first-order chi connectivity index (χ1) is 8.31. The van der Waals surface area contributed by atoms with Gasteiger partial charge in [-0.05, 0) is 38.1 Å². The number of carbonyl (C=O) groups is 1. The van der Waals surface area contributed by atoms with Crippen molar-refractivity contribution in [3.8, 4) is 0 Å².